The Bertz CT molecular complexity index is 989. The summed E-state index contributed by atoms with van der Waals surface area (Å²) in [6.07, 6.45) is 0. The van der Waals surface area contributed by atoms with E-state index in [-0.39, 0.29) is 28.5 Å². The highest BCUT2D eigenvalue weighted by molar-refractivity contribution is 7.99. The number of thioether (sulfide) groups is 1. The minimum atomic E-state index is -0.634. The van der Waals surface area contributed by atoms with Gasteiger partial charge in [0.25, 0.3) is 0 Å². The van der Waals surface area contributed by atoms with Gasteiger partial charge in [0, 0.05) is 20.1 Å². The first kappa shape index (κ1) is 23.7. The largest absolute Gasteiger partial charge is 0.465 e. The second-order valence-corrected chi connectivity index (χ2v) is 7.87. The molecule has 2 aromatic rings. The van der Waals surface area contributed by atoms with Gasteiger partial charge in [-0.05, 0) is 18.2 Å². The van der Waals surface area contributed by atoms with Crippen molar-refractivity contribution in [3.8, 4) is 0 Å². The third-order valence-electron chi connectivity index (χ3n) is 4.85. The van der Waals surface area contributed by atoms with Crippen LogP contribution < -0.4 is 5.32 Å². The molecule has 0 saturated carbocycles. The molecule has 1 amide bonds. The van der Waals surface area contributed by atoms with Gasteiger partial charge in [0.2, 0.25) is 5.91 Å². The summed E-state index contributed by atoms with van der Waals surface area (Å²) >= 11 is 1.22. The summed E-state index contributed by atoms with van der Waals surface area (Å²) in [4.78, 5) is 38.6. The van der Waals surface area contributed by atoms with Gasteiger partial charge in [-0.25, -0.2) is 9.59 Å². The smallest absolute Gasteiger partial charge is 0.339 e. The normalized spacial score (nSPS) is 14.1. The molecule has 1 saturated heterocycles. The lowest BCUT2D eigenvalue weighted by atomic mass is 10.1. The number of amides is 1. The highest BCUT2D eigenvalue weighted by atomic mass is 32.2. The first-order valence-corrected chi connectivity index (χ1v) is 10.8. The molecular weight excluding hydrogens is 438 g/mol. The number of esters is 2. The van der Waals surface area contributed by atoms with Crippen LogP contribution in [0.25, 0.3) is 0 Å². The van der Waals surface area contributed by atoms with Gasteiger partial charge in [-0.1, -0.05) is 11.8 Å². The molecule has 1 aliphatic rings. The predicted octanol–water partition coefficient (Wildman–Crippen LogP) is 0.951. The van der Waals surface area contributed by atoms with Crippen LogP contribution in [0.3, 0.4) is 0 Å². The number of methoxy groups -OCH3 is 2. The molecule has 2 heterocycles. The van der Waals surface area contributed by atoms with E-state index < -0.39 is 11.9 Å². The molecule has 11 nitrogen and oxygen atoms in total. The maximum atomic E-state index is 12.6. The van der Waals surface area contributed by atoms with Crippen molar-refractivity contribution in [3.05, 3.63) is 35.2 Å². The van der Waals surface area contributed by atoms with Crippen LogP contribution >= 0.6 is 11.8 Å². The second-order valence-electron chi connectivity index (χ2n) is 6.93. The van der Waals surface area contributed by atoms with E-state index in [9.17, 15) is 14.4 Å². The third kappa shape index (κ3) is 5.84. The molecule has 1 fully saturated rings. The molecule has 1 N–H and O–H groups in total. The van der Waals surface area contributed by atoms with E-state index in [0.29, 0.717) is 24.9 Å². The fourth-order valence-corrected chi connectivity index (χ4v) is 3.79. The molecule has 1 aromatic carbocycles. The number of carbonyl (C=O) groups excluding carboxylic acids is 3. The maximum absolute atomic E-state index is 12.6. The molecule has 0 radical (unpaired) electrons. The zero-order valence-corrected chi connectivity index (χ0v) is 18.9. The SMILES string of the molecule is COC(=O)c1ccc(C(=O)OC)c(NC(=O)CSc2nnc(CN3CCOCC3)n2C)c1. The van der Waals surface area contributed by atoms with Crippen LogP contribution in [0.1, 0.15) is 26.5 Å². The molecular formula is C20H25N5O6S. The summed E-state index contributed by atoms with van der Waals surface area (Å²) < 4.78 is 16.7. The van der Waals surface area contributed by atoms with E-state index in [1.54, 1.807) is 0 Å². The minimum Gasteiger partial charge on any atom is -0.465 e. The molecule has 12 heteroatoms. The fraction of sp³-hybridized carbons (Fsp3) is 0.450. The van der Waals surface area contributed by atoms with Gasteiger partial charge < -0.3 is 24.1 Å². The monoisotopic (exact) mass is 463 g/mol. The summed E-state index contributed by atoms with van der Waals surface area (Å²) in [6, 6.07) is 4.21. The highest BCUT2D eigenvalue weighted by Gasteiger charge is 2.19. The lowest BCUT2D eigenvalue weighted by Crippen LogP contribution is -2.36. The lowest BCUT2D eigenvalue weighted by molar-refractivity contribution is -0.113. The van der Waals surface area contributed by atoms with Crippen molar-refractivity contribution in [2.45, 2.75) is 11.7 Å². The summed E-state index contributed by atoms with van der Waals surface area (Å²) in [7, 11) is 4.34. The Morgan fingerprint density at radius 2 is 1.84 bits per heavy atom. The lowest BCUT2D eigenvalue weighted by Gasteiger charge is -2.25. The van der Waals surface area contributed by atoms with E-state index >= 15 is 0 Å². The number of benzene rings is 1. The Labute approximate surface area is 189 Å². The summed E-state index contributed by atoms with van der Waals surface area (Å²) in [6.45, 7) is 3.73. The Morgan fingerprint density at radius 1 is 1.12 bits per heavy atom. The van der Waals surface area contributed by atoms with Gasteiger partial charge in [0.05, 0.1) is 56.5 Å². The van der Waals surface area contributed by atoms with Crippen LogP contribution in [0, 0.1) is 0 Å². The standard InChI is InChI=1S/C20H25N5O6S/c1-24-16(11-25-6-8-31-9-7-25)22-23-20(24)32-12-17(26)21-15-10-13(18(27)29-2)4-5-14(15)19(28)30-3/h4-5,10H,6-9,11-12H2,1-3H3,(H,21,26). The molecule has 172 valence electrons. The van der Waals surface area contributed by atoms with Crippen LogP contribution in [0.4, 0.5) is 5.69 Å². The Hall–Kier alpha value is -2.96. The summed E-state index contributed by atoms with van der Waals surface area (Å²) in [5, 5.41) is 11.7. The van der Waals surface area contributed by atoms with Crippen molar-refractivity contribution >= 4 is 35.3 Å². The number of anilines is 1. The van der Waals surface area contributed by atoms with Crippen LogP contribution in [0.15, 0.2) is 23.4 Å². The minimum absolute atomic E-state index is 0.0343. The zero-order valence-electron chi connectivity index (χ0n) is 18.1. The quantitative estimate of drug-likeness (QED) is 0.447. The molecule has 0 aliphatic carbocycles. The number of hydrogen-bond donors (Lipinski definition) is 1. The van der Waals surface area contributed by atoms with Gasteiger partial charge in [0.15, 0.2) is 5.16 Å². The Balaban J connectivity index is 1.64. The van der Waals surface area contributed by atoms with E-state index in [0.717, 1.165) is 18.9 Å². The van der Waals surface area contributed by atoms with E-state index in [1.165, 1.54) is 44.2 Å². The average Bonchev–Trinajstić information content (AvgIpc) is 3.16. The van der Waals surface area contributed by atoms with Gasteiger partial charge in [0.1, 0.15) is 5.82 Å². The third-order valence-corrected chi connectivity index (χ3v) is 5.87. The Kier molecular flexibility index (Phi) is 8.20. The molecule has 1 aliphatic heterocycles. The van der Waals surface area contributed by atoms with E-state index in [2.05, 4.69) is 20.4 Å². The molecule has 0 atom stereocenters. The first-order valence-electron chi connectivity index (χ1n) is 9.84. The number of aromatic nitrogens is 3. The molecule has 0 bridgehead atoms. The molecule has 32 heavy (non-hydrogen) atoms. The van der Waals surface area contributed by atoms with Crippen LogP contribution in [-0.2, 0) is 32.6 Å². The molecule has 1 aromatic heterocycles. The van der Waals surface area contributed by atoms with Crippen molar-refractivity contribution in [2.24, 2.45) is 7.05 Å². The number of hydrogen-bond acceptors (Lipinski definition) is 10. The van der Waals surface area contributed by atoms with E-state index in [4.69, 9.17) is 14.2 Å². The van der Waals surface area contributed by atoms with Crippen molar-refractivity contribution < 1.29 is 28.6 Å². The number of nitrogens with one attached hydrogen (secondary N) is 1. The van der Waals surface area contributed by atoms with Gasteiger partial charge in [-0.15, -0.1) is 10.2 Å². The number of carbonyl (C=O) groups is 3. The van der Waals surface area contributed by atoms with Crippen LogP contribution in [0.2, 0.25) is 0 Å². The second kappa shape index (κ2) is 11.1. The average molecular weight is 464 g/mol. The summed E-state index contributed by atoms with van der Waals surface area (Å²) in [5.74, 6) is -0.760. The fourth-order valence-electron chi connectivity index (χ4n) is 3.06. The van der Waals surface area contributed by atoms with Crippen molar-refractivity contribution in [1.82, 2.24) is 19.7 Å². The van der Waals surface area contributed by atoms with Crippen molar-refractivity contribution in [1.29, 1.82) is 0 Å². The predicted molar refractivity (Wildman–Crippen MR) is 116 cm³/mol. The maximum Gasteiger partial charge on any atom is 0.339 e. The van der Waals surface area contributed by atoms with Gasteiger partial charge >= 0.3 is 11.9 Å². The number of rotatable bonds is 8. The van der Waals surface area contributed by atoms with Crippen LogP contribution in [-0.4, -0.2) is 83.8 Å². The number of nitrogens with zero attached hydrogens (tertiary/aromatic N) is 4. The van der Waals surface area contributed by atoms with Crippen molar-refractivity contribution in [3.63, 3.8) is 0 Å². The molecule has 0 spiro atoms. The highest BCUT2D eigenvalue weighted by Crippen LogP contribution is 2.22. The zero-order chi connectivity index (χ0) is 23.1. The van der Waals surface area contributed by atoms with Crippen LogP contribution in [0.5, 0.6) is 0 Å². The van der Waals surface area contributed by atoms with Gasteiger partial charge in [-0.2, -0.15) is 0 Å². The van der Waals surface area contributed by atoms with Gasteiger partial charge in [-0.3, -0.25) is 9.69 Å². The summed E-state index contributed by atoms with van der Waals surface area (Å²) in [5.41, 5.74) is 0.491. The van der Waals surface area contributed by atoms with E-state index in [1.807, 2.05) is 11.6 Å². The molecule has 0 unspecified atom stereocenters. The number of morpholine rings is 1. The Morgan fingerprint density at radius 3 is 2.53 bits per heavy atom. The van der Waals surface area contributed by atoms with Crippen molar-refractivity contribution in [2.75, 3.05) is 51.6 Å². The first-order chi connectivity index (χ1) is 15.4. The topological polar surface area (TPSA) is 125 Å². The molecule has 3 rings (SSSR count). The number of ether oxygens (including phenoxy) is 3.